The van der Waals surface area contributed by atoms with Crippen molar-refractivity contribution in [2.45, 2.75) is 118 Å². The van der Waals surface area contributed by atoms with Gasteiger partial charge in [0.2, 0.25) is 0 Å². The zero-order chi connectivity index (χ0) is 17.8. The van der Waals surface area contributed by atoms with E-state index in [-0.39, 0.29) is 0 Å². The number of hydrogen-bond donors (Lipinski definition) is 1. The molecule has 0 atom stereocenters. The van der Waals surface area contributed by atoms with Crippen molar-refractivity contribution in [1.82, 2.24) is 0 Å². The van der Waals surface area contributed by atoms with Crippen LogP contribution < -0.4 is 0 Å². The Morgan fingerprint density at radius 2 is 1.13 bits per heavy atom. The molecule has 0 aromatic heterocycles. The summed E-state index contributed by atoms with van der Waals surface area (Å²) in [5, 5.41) is 8.41. The predicted molar refractivity (Wildman–Crippen MR) is 106 cm³/mol. The third kappa shape index (κ3) is 24.6. The van der Waals surface area contributed by atoms with E-state index in [4.69, 9.17) is 5.11 Å². The summed E-state index contributed by atoms with van der Waals surface area (Å²) in [6.07, 6.45) is 14.4. The van der Waals surface area contributed by atoms with Crippen molar-refractivity contribution in [3.05, 3.63) is 0 Å². The first-order valence-electron chi connectivity index (χ1n) is 10.2. The fourth-order valence-corrected chi connectivity index (χ4v) is 8.50. The Hall–Kier alpha value is 0.269. The van der Waals surface area contributed by atoms with Gasteiger partial charge in [0, 0.05) is 6.42 Å². The van der Waals surface area contributed by atoms with E-state index >= 15 is 0 Å². The van der Waals surface area contributed by atoms with Crippen LogP contribution in [0.1, 0.15) is 105 Å². The third-order valence-corrected chi connectivity index (χ3v) is 13.1. The molecule has 0 aliphatic rings. The van der Waals surface area contributed by atoms with E-state index in [1.165, 1.54) is 57.8 Å². The molecule has 1 radical (unpaired) electrons. The number of unbranched alkanes of at least 4 members (excludes halogenated alkanes) is 9. The average Bonchev–Trinajstić information content (AvgIpc) is 2.55. The summed E-state index contributed by atoms with van der Waals surface area (Å²) in [7, 11) is 0. The summed E-state index contributed by atoms with van der Waals surface area (Å²) in [6.45, 7) is 9.29. The SMILES string of the molecule is CCCCCCCCCCCC(=O)O.CCC[CH2][Sn]([CH2]C)[CH2]C. The molecule has 0 fully saturated rings. The van der Waals surface area contributed by atoms with E-state index in [1.54, 1.807) is 13.3 Å². The van der Waals surface area contributed by atoms with Gasteiger partial charge < -0.3 is 5.11 Å². The molecule has 0 spiro atoms. The molecule has 1 N–H and O–H groups in total. The second-order valence-corrected chi connectivity index (χ2v) is 16.3. The molecule has 0 heterocycles. The third-order valence-electron chi connectivity index (χ3n) is 4.38. The van der Waals surface area contributed by atoms with Crippen molar-refractivity contribution in [2.24, 2.45) is 0 Å². The first-order chi connectivity index (χ1) is 11.1. The Morgan fingerprint density at radius 3 is 1.52 bits per heavy atom. The van der Waals surface area contributed by atoms with Crippen molar-refractivity contribution in [2.75, 3.05) is 0 Å². The van der Waals surface area contributed by atoms with Crippen molar-refractivity contribution >= 4 is 25.7 Å². The number of hydrogen-bond acceptors (Lipinski definition) is 1. The number of rotatable bonds is 15. The average molecular weight is 434 g/mol. The van der Waals surface area contributed by atoms with E-state index in [0.717, 1.165) is 12.8 Å². The topological polar surface area (TPSA) is 37.3 Å². The van der Waals surface area contributed by atoms with E-state index in [0.29, 0.717) is 6.42 Å². The monoisotopic (exact) mass is 435 g/mol. The van der Waals surface area contributed by atoms with E-state index in [1.807, 2.05) is 0 Å². The number of carboxylic acid groups (broad SMARTS) is 1. The van der Waals surface area contributed by atoms with Gasteiger partial charge in [-0.05, 0) is 6.42 Å². The van der Waals surface area contributed by atoms with E-state index in [9.17, 15) is 4.79 Å². The molecule has 0 amide bonds. The van der Waals surface area contributed by atoms with E-state index < -0.39 is 25.7 Å². The van der Waals surface area contributed by atoms with Crippen LogP contribution in [0.4, 0.5) is 0 Å². The van der Waals surface area contributed by atoms with Gasteiger partial charge in [-0.15, -0.1) is 0 Å². The van der Waals surface area contributed by atoms with Crippen LogP contribution in [0, 0.1) is 0 Å². The van der Waals surface area contributed by atoms with Crippen LogP contribution in [0.5, 0.6) is 0 Å². The van der Waals surface area contributed by atoms with Crippen molar-refractivity contribution in [3.8, 4) is 0 Å². The molecule has 3 heteroatoms. The van der Waals surface area contributed by atoms with Gasteiger partial charge in [-0.1, -0.05) is 58.3 Å². The van der Waals surface area contributed by atoms with Crippen LogP contribution in [0.15, 0.2) is 0 Å². The second-order valence-electron chi connectivity index (χ2n) is 6.53. The van der Waals surface area contributed by atoms with Crippen LogP contribution in [-0.2, 0) is 4.79 Å². The standard InChI is InChI=1S/C12H24O2.C4H9.2C2H5.Sn/c1-2-3-4-5-6-7-8-9-10-11-12(13)14;1-3-4-2;2*1-2;/h2-11H2,1H3,(H,13,14);1,3-4H2,2H3;2*1H2,2H3;. The molecule has 0 unspecified atom stereocenters. The quantitative estimate of drug-likeness (QED) is 0.217. The summed E-state index contributed by atoms with van der Waals surface area (Å²) in [5.41, 5.74) is 0. The molecule has 0 saturated heterocycles. The normalized spacial score (nSPS) is 10.5. The first-order valence-corrected chi connectivity index (χ1v) is 16.2. The van der Waals surface area contributed by atoms with Crippen LogP contribution in [0.2, 0.25) is 13.3 Å². The van der Waals surface area contributed by atoms with Gasteiger partial charge in [-0.2, -0.15) is 0 Å². The van der Waals surface area contributed by atoms with Crippen LogP contribution in [0.3, 0.4) is 0 Å². The van der Waals surface area contributed by atoms with Gasteiger partial charge in [0.25, 0.3) is 0 Å². The fourth-order valence-electron chi connectivity index (χ4n) is 2.62. The van der Waals surface area contributed by atoms with Gasteiger partial charge in [-0.3, -0.25) is 4.79 Å². The molecule has 0 aromatic carbocycles. The van der Waals surface area contributed by atoms with E-state index in [2.05, 4.69) is 27.7 Å². The molecule has 2 nitrogen and oxygen atoms in total. The van der Waals surface area contributed by atoms with Crippen LogP contribution in [0.25, 0.3) is 0 Å². The van der Waals surface area contributed by atoms with Gasteiger partial charge >= 0.3 is 72.7 Å². The molecule has 139 valence electrons. The van der Waals surface area contributed by atoms with Gasteiger partial charge in [-0.25, -0.2) is 0 Å². The Labute approximate surface area is 153 Å². The Balaban J connectivity index is 0. The van der Waals surface area contributed by atoms with Crippen LogP contribution >= 0.6 is 0 Å². The summed E-state index contributed by atoms with van der Waals surface area (Å²) in [6, 6.07) is 0. The molecular formula is C20H43O2Sn. The molecule has 0 bridgehead atoms. The minimum absolute atomic E-state index is 0.343. The Bertz CT molecular complexity index is 228. The van der Waals surface area contributed by atoms with Crippen molar-refractivity contribution in [3.63, 3.8) is 0 Å². The zero-order valence-corrected chi connectivity index (χ0v) is 19.3. The number of carboxylic acids is 1. The van der Waals surface area contributed by atoms with Gasteiger partial charge in [0.05, 0.1) is 0 Å². The fraction of sp³-hybridized carbons (Fsp3) is 0.950. The summed E-state index contributed by atoms with van der Waals surface area (Å²) in [5.74, 6) is -0.659. The maximum atomic E-state index is 10.2. The number of aliphatic carboxylic acids is 1. The number of carbonyl (C=O) groups is 1. The summed E-state index contributed by atoms with van der Waals surface area (Å²) < 4.78 is 4.78. The molecule has 0 saturated carbocycles. The van der Waals surface area contributed by atoms with Crippen LogP contribution in [-0.4, -0.2) is 30.8 Å². The first kappa shape index (κ1) is 25.5. The Morgan fingerprint density at radius 1 is 0.696 bits per heavy atom. The van der Waals surface area contributed by atoms with Gasteiger partial charge in [0.1, 0.15) is 0 Å². The maximum absolute atomic E-state index is 10.2. The summed E-state index contributed by atoms with van der Waals surface area (Å²) in [4.78, 5) is 10.2. The summed E-state index contributed by atoms with van der Waals surface area (Å²) >= 11 is -0.715. The molecular weight excluding hydrogens is 391 g/mol. The molecule has 0 aromatic rings. The van der Waals surface area contributed by atoms with Crippen molar-refractivity contribution < 1.29 is 9.90 Å². The zero-order valence-electron chi connectivity index (χ0n) is 16.5. The Kier molecular flexibility index (Phi) is 24.7. The predicted octanol–water partition coefficient (Wildman–Crippen LogP) is 7.31. The van der Waals surface area contributed by atoms with Crippen molar-refractivity contribution in [1.29, 1.82) is 0 Å². The van der Waals surface area contributed by atoms with Gasteiger partial charge in [0.15, 0.2) is 0 Å². The molecule has 23 heavy (non-hydrogen) atoms. The second kappa shape index (κ2) is 22.3. The molecule has 0 aliphatic heterocycles. The minimum atomic E-state index is -0.715. The molecule has 0 rings (SSSR count). The molecule has 0 aliphatic carbocycles.